The Hall–Kier alpha value is -2.94. The van der Waals surface area contributed by atoms with Gasteiger partial charge in [0.1, 0.15) is 12.1 Å². The van der Waals surface area contributed by atoms with Crippen molar-refractivity contribution in [2.45, 2.75) is 77.0 Å². The standard InChI is InChI=1S/C25H40N7O8P/c1-5-8-10-37-18(34)13-28-41(31-16(4)23(36)38-11-9-6-2)15-39-25(7-3)12-17(33)22(40-25)32-14-27-19-20(32)29-24(26)30-21(19)35/h7,14,16-17,22,28,31,33H,3,5-6,8-13,15H2,1-2,4H3,(H3,26,29,30,35)/t16-,17?,22?,25?,41?/m0/s1. The second kappa shape index (κ2) is 15.3. The smallest absolute Gasteiger partial charge is 0.323 e. The van der Waals surface area contributed by atoms with Crippen LogP contribution in [0.15, 0.2) is 23.8 Å². The number of imidazole rings is 1. The van der Waals surface area contributed by atoms with Gasteiger partial charge in [-0.3, -0.25) is 34.1 Å². The number of hydrogen-bond acceptors (Lipinski definition) is 13. The molecule has 3 rings (SSSR count). The van der Waals surface area contributed by atoms with Crippen molar-refractivity contribution in [3.8, 4) is 0 Å². The Morgan fingerprint density at radius 1 is 1.37 bits per heavy atom. The first-order valence-electron chi connectivity index (χ1n) is 13.6. The molecule has 0 amide bonds. The molecule has 0 aromatic carbocycles. The molecule has 3 heterocycles. The van der Waals surface area contributed by atoms with Crippen molar-refractivity contribution in [2.24, 2.45) is 0 Å². The Labute approximate surface area is 239 Å². The highest BCUT2D eigenvalue weighted by atomic mass is 31.1. The number of nitrogens with one attached hydrogen (secondary N) is 3. The van der Waals surface area contributed by atoms with Crippen LogP contribution in [0.5, 0.6) is 0 Å². The molecule has 2 aromatic rings. The number of nitrogens with two attached hydrogens (primary N) is 1. The average molecular weight is 598 g/mol. The minimum absolute atomic E-state index is 0.00361. The lowest BCUT2D eigenvalue weighted by molar-refractivity contribution is -0.199. The number of carbonyl (C=O) groups excluding carboxylic acids is 2. The molecule has 15 nitrogen and oxygen atoms in total. The molecule has 0 radical (unpaired) electrons. The third kappa shape index (κ3) is 8.77. The third-order valence-electron chi connectivity index (χ3n) is 6.24. The Balaban J connectivity index is 1.71. The summed E-state index contributed by atoms with van der Waals surface area (Å²) in [4.78, 5) is 47.4. The lowest BCUT2D eigenvalue weighted by Gasteiger charge is -2.30. The van der Waals surface area contributed by atoms with E-state index in [2.05, 4.69) is 31.7 Å². The van der Waals surface area contributed by atoms with Gasteiger partial charge in [0.2, 0.25) is 5.95 Å². The maximum atomic E-state index is 12.5. The topological polar surface area (TPSA) is 205 Å². The number of aliphatic hydroxyl groups is 1. The highest BCUT2D eigenvalue weighted by Crippen LogP contribution is 2.41. The number of hydrogen-bond donors (Lipinski definition) is 5. The Bertz CT molecular complexity index is 1240. The maximum absolute atomic E-state index is 12.5. The van der Waals surface area contributed by atoms with Crippen LogP contribution in [-0.4, -0.2) is 80.6 Å². The fraction of sp³-hybridized carbons (Fsp3) is 0.640. The van der Waals surface area contributed by atoms with Crippen LogP contribution in [0.2, 0.25) is 0 Å². The number of aromatic nitrogens is 4. The zero-order valence-electron chi connectivity index (χ0n) is 23.6. The summed E-state index contributed by atoms with van der Waals surface area (Å²) < 4.78 is 24.2. The first-order chi connectivity index (χ1) is 19.6. The second-order valence-corrected chi connectivity index (χ2v) is 11.2. The number of anilines is 1. The SMILES string of the molecule is C=CC1(OCP(NCC(=O)OCCCC)N[C@@H](C)C(=O)OCCCC)CC(O)C(n2cnc3c(=O)[nH]c(N)nc32)O1. The highest BCUT2D eigenvalue weighted by molar-refractivity contribution is 7.53. The molecule has 1 saturated heterocycles. The summed E-state index contributed by atoms with van der Waals surface area (Å²) in [5.41, 5.74) is 5.34. The number of nitrogen functional groups attached to an aromatic ring is 1. The van der Waals surface area contributed by atoms with E-state index >= 15 is 0 Å². The van der Waals surface area contributed by atoms with E-state index in [4.69, 9.17) is 24.7 Å². The van der Waals surface area contributed by atoms with E-state index in [9.17, 15) is 19.5 Å². The van der Waals surface area contributed by atoms with Crippen LogP contribution in [0.25, 0.3) is 11.2 Å². The van der Waals surface area contributed by atoms with Gasteiger partial charge in [-0.2, -0.15) is 4.98 Å². The van der Waals surface area contributed by atoms with Crippen molar-refractivity contribution in [2.75, 3.05) is 31.8 Å². The molecular weight excluding hydrogens is 557 g/mol. The molecule has 228 valence electrons. The number of unbranched alkanes of at least 4 members (excludes halogenated alkanes) is 2. The minimum atomic E-state index is -1.49. The number of aliphatic hydroxyl groups excluding tert-OH is 1. The van der Waals surface area contributed by atoms with Crippen molar-refractivity contribution in [3.05, 3.63) is 29.3 Å². The molecule has 0 saturated carbocycles. The fourth-order valence-electron chi connectivity index (χ4n) is 3.95. The number of rotatable bonds is 17. The number of fused-ring (bicyclic) bond motifs is 1. The highest BCUT2D eigenvalue weighted by Gasteiger charge is 2.47. The lowest BCUT2D eigenvalue weighted by atomic mass is 10.1. The maximum Gasteiger partial charge on any atom is 0.323 e. The van der Waals surface area contributed by atoms with Crippen LogP contribution in [0.3, 0.4) is 0 Å². The number of ether oxygens (including phenoxy) is 4. The molecule has 6 N–H and O–H groups in total. The second-order valence-electron chi connectivity index (χ2n) is 9.55. The van der Waals surface area contributed by atoms with Crippen LogP contribution in [0.1, 0.15) is 59.1 Å². The van der Waals surface area contributed by atoms with Crippen LogP contribution in [0, 0.1) is 0 Å². The molecule has 2 aromatic heterocycles. The van der Waals surface area contributed by atoms with E-state index in [0.717, 1.165) is 25.7 Å². The number of esters is 2. The summed E-state index contributed by atoms with van der Waals surface area (Å²) in [5.74, 6) is -2.42. The Morgan fingerprint density at radius 2 is 2.07 bits per heavy atom. The lowest BCUT2D eigenvalue weighted by Crippen LogP contribution is -2.39. The molecular formula is C25H40N7O8P. The van der Waals surface area contributed by atoms with Gasteiger partial charge in [-0.15, -0.1) is 0 Å². The van der Waals surface area contributed by atoms with Crippen LogP contribution < -0.4 is 21.5 Å². The molecule has 0 spiro atoms. The number of H-pyrrole nitrogens is 1. The van der Waals surface area contributed by atoms with E-state index in [1.807, 2.05) is 13.8 Å². The van der Waals surface area contributed by atoms with Crippen LogP contribution >= 0.6 is 8.22 Å². The number of carbonyl (C=O) groups is 2. The van der Waals surface area contributed by atoms with Gasteiger partial charge in [-0.1, -0.05) is 33.3 Å². The third-order valence-corrected chi connectivity index (χ3v) is 7.86. The van der Waals surface area contributed by atoms with Gasteiger partial charge < -0.3 is 29.8 Å². The monoisotopic (exact) mass is 597 g/mol. The van der Waals surface area contributed by atoms with Crippen molar-refractivity contribution in [1.29, 1.82) is 0 Å². The summed E-state index contributed by atoms with van der Waals surface area (Å²) in [6.07, 6.45) is 3.90. The summed E-state index contributed by atoms with van der Waals surface area (Å²) in [5, 5.41) is 17.1. The summed E-state index contributed by atoms with van der Waals surface area (Å²) in [6, 6.07) is -0.695. The van der Waals surface area contributed by atoms with E-state index in [-0.39, 0.29) is 36.4 Å². The molecule has 1 aliphatic rings. The van der Waals surface area contributed by atoms with Crippen molar-refractivity contribution >= 4 is 37.3 Å². The van der Waals surface area contributed by atoms with E-state index in [0.29, 0.717) is 13.2 Å². The predicted octanol–water partition coefficient (Wildman–Crippen LogP) is 1.40. The predicted molar refractivity (Wildman–Crippen MR) is 151 cm³/mol. The van der Waals surface area contributed by atoms with Gasteiger partial charge in [0.05, 0.1) is 40.7 Å². The van der Waals surface area contributed by atoms with Gasteiger partial charge in [0.25, 0.3) is 5.56 Å². The Kier molecular flexibility index (Phi) is 12.2. The first-order valence-corrected chi connectivity index (χ1v) is 15.1. The van der Waals surface area contributed by atoms with Crippen LogP contribution in [-0.2, 0) is 28.5 Å². The largest absolute Gasteiger partial charge is 0.465 e. The van der Waals surface area contributed by atoms with Crippen molar-refractivity contribution < 1.29 is 33.6 Å². The molecule has 1 aliphatic heterocycles. The molecule has 41 heavy (non-hydrogen) atoms. The molecule has 1 fully saturated rings. The summed E-state index contributed by atoms with van der Waals surface area (Å²) in [7, 11) is -1.49. The molecule has 0 bridgehead atoms. The normalized spacial score (nSPS) is 22.0. The first kappa shape index (κ1) is 32.6. The average Bonchev–Trinajstić information content (AvgIpc) is 3.51. The Morgan fingerprint density at radius 3 is 2.76 bits per heavy atom. The zero-order chi connectivity index (χ0) is 30.0. The van der Waals surface area contributed by atoms with Gasteiger partial charge >= 0.3 is 11.9 Å². The van der Waals surface area contributed by atoms with Crippen LogP contribution in [0.4, 0.5) is 5.95 Å². The quantitative estimate of drug-likeness (QED) is 0.0758. The summed E-state index contributed by atoms with van der Waals surface area (Å²) >= 11 is 0. The van der Waals surface area contributed by atoms with Gasteiger partial charge in [0.15, 0.2) is 23.2 Å². The van der Waals surface area contributed by atoms with Crippen molar-refractivity contribution in [1.82, 2.24) is 29.7 Å². The molecule has 16 heteroatoms. The number of nitrogens with zero attached hydrogens (tertiary/aromatic N) is 3. The van der Waals surface area contributed by atoms with Gasteiger partial charge in [0, 0.05) is 6.42 Å². The molecule has 5 atom stereocenters. The zero-order valence-corrected chi connectivity index (χ0v) is 24.5. The van der Waals surface area contributed by atoms with E-state index < -0.39 is 49.9 Å². The number of aromatic amines is 1. The van der Waals surface area contributed by atoms with Gasteiger partial charge in [-0.25, -0.2) is 4.98 Å². The van der Waals surface area contributed by atoms with Gasteiger partial charge in [-0.05, 0) is 25.8 Å². The van der Waals surface area contributed by atoms with Crippen molar-refractivity contribution in [3.63, 3.8) is 0 Å². The molecule has 0 aliphatic carbocycles. The van der Waals surface area contributed by atoms with E-state index in [1.54, 1.807) is 6.92 Å². The molecule has 4 unspecified atom stereocenters. The fourth-order valence-corrected chi connectivity index (χ4v) is 5.45. The van der Waals surface area contributed by atoms with E-state index in [1.165, 1.54) is 17.0 Å². The minimum Gasteiger partial charge on any atom is -0.465 e. The summed E-state index contributed by atoms with van der Waals surface area (Å²) in [6.45, 7) is 10.00.